The number of aryl methyl sites for hydroxylation is 1. The molecule has 0 radical (unpaired) electrons. The number of carbonyl (C=O) groups is 1. The van der Waals surface area contributed by atoms with Gasteiger partial charge in [0.1, 0.15) is 5.03 Å². The van der Waals surface area contributed by atoms with Crippen molar-refractivity contribution in [2.24, 2.45) is 5.92 Å². The number of hydrogen-bond acceptors (Lipinski definition) is 5. The van der Waals surface area contributed by atoms with Crippen LogP contribution >= 0.6 is 11.8 Å². The minimum absolute atomic E-state index is 0.0623. The maximum absolute atomic E-state index is 12.8. The summed E-state index contributed by atoms with van der Waals surface area (Å²) in [5.41, 5.74) is 1.31. The molecule has 5 nitrogen and oxygen atoms in total. The Morgan fingerprint density at radius 1 is 1.03 bits per heavy atom. The molecule has 2 heterocycles. The summed E-state index contributed by atoms with van der Waals surface area (Å²) in [6, 6.07) is 20.9. The van der Waals surface area contributed by atoms with Gasteiger partial charge in [0.15, 0.2) is 5.82 Å². The van der Waals surface area contributed by atoms with Crippen LogP contribution in [0.1, 0.15) is 31.7 Å². The second kappa shape index (κ2) is 11.1. The number of carbonyl (C=O) groups excluding carboxylic acids is 1. The predicted molar refractivity (Wildman–Crippen MR) is 130 cm³/mol. The van der Waals surface area contributed by atoms with Gasteiger partial charge in [-0.2, -0.15) is 0 Å². The van der Waals surface area contributed by atoms with Gasteiger partial charge in [-0.3, -0.25) is 4.79 Å². The number of benzene rings is 2. The van der Waals surface area contributed by atoms with Crippen molar-refractivity contribution >= 4 is 23.5 Å². The largest absolute Gasteiger partial charge is 0.354 e. The van der Waals surface area contributed by atoms with Gasteiger partial charge in [0.2, 0.25) is 5.91 Å². The number of anilines is 1. The molecule has 1 unspecified atom stereocenters. The number of piperidine rings is 1. The van der Waals surface area contributed by atoms with Crippen molar-refractivity contribution in [3.63, 3.8) is 0 Å². The van der Waals surface area contributed by atoms with Crippen molar-refractivity contribution in [3.8, 4) is 0 Å². The van der Waals surface area contributed by atoms with Crippen molar-refractivity contribution < 1.29 is 4.79 Å². The van der Waals surface area contributed by atoms with E-state index < -0.39 is 0 Å². The van der Waals surface area contributed by atoms with E-state index in [1.165, 1.54) is 5.56 Å². The van der Waals surface area contributed by atoms with E-state index in [1.54, 1.807) is 24.2 Å². The first-order valence-electron chi connectivity index (χ1n) is 11.3. The van der Waals surface area contributed by atoms with Crippen LogP contribution in [0.3, 0.4) is 0 Å². The van der Waals surface area contributed by atoms with E-state index in [4.69, 9.17) is 0 Å². The summed E-state index contributed by atoms with van der Waals surface area (Å²) < 4.78 is 0. The lowest BCUT2D eigenvalue weighted by atomic mass is 9.95. The number of amides is 1. The van der Waals surface area contributed by atoms with Gasteiger partial charge >= 0.3 is 0 Å². The molecule has 1 aliphatic rings. The summed E-state index contributed by atoms with van der Waals surface area (Å²) in [5.74, 6) is 1.16. The normalized spacial score (nSPS) is 15.3. The highest BCUT2D eigenvalue weighted by atomic mass is 32.2. The molecule has 1 atom stereocenters. The van der Waals surface area contributed by atoms with E-state index in [2.05, 4.69) is 63.5 Å². The molecule has 0 bridgehead atoms. The van der Waals surface area contributed by atoms with Crippen molar-refractivity contribution in [1.82, 2.24) is 15.3 Å². The van der Waals surface area contributed by atoms with E-state index in [9.17, 15) is 4.79 Å². The molecule has 1 N–H and O–H groups in total. The molecule has 1 fully saturated rings. The molecular formula is C26H30N4OS. The van der Waals surface area contributed by atoms with Gasteiger partial charge < -0.3 is 10.2 Å². The fraction of sp³-hybridized carbons (Fsp3) is 0.346. The SMILES string of the molecule is CC(CCc1ccccc1)NC(=O)C1CCN(c2nccnc2Sc2ccccc2)CC1. The lowest BCUT2D eigenvalue weighted by Crippen LogP contribution is -2.43. The van der Waals surface area contributed by atoms with Gasteiger partial charge in [-0.1, -0.05) is 60.3 Å². The third-order valence-corrected chi connectivity index (χ3v) is 6.86. The van der Waals surface area contributed by atoms with Gasteiger partial charge in [-0.25, -0.2) is 9.97 Å². The van der Waals surface area contributed by atoms with Gasteiger partial charge in [0, 0.05) is 42.3 Å². The van der Waals surface area contributed by atoms with E-state index in [0.717, 1.165) is 54.5 Å². The first-order valence-corrected chi connectivity index (χ1v) is 12.1. The smallest absolute Gasteiger partial charge is 0.223 e. The predicted octanol–water partition coefficient (Wildman–Crippen LogP) is 4.98. The molecule has 3 aromatic rings. The quantitative estimate of drug-likeness (QED) is 0.529. The van der Waals surface area contributed by atoms with E-state index in [0.29, 0.717) is 0 Å². The Morgan fingerprint density at radius 3 is 2.41 bits per heavy atom. The van der Waals surface area contributed by atoms with E-state index in [1.807, 2.05) is 24.3 Å². The molecule has 4 rings (SSSR count). The highest BCUT2D eigenvalue weighted by Crippen LogP contribution is 2.33. The van der Waals surface area contributed by atoms with Crippen LogP contribution in [0.25, 0.3) is 0 Å². The van der Waals surface area contributed by atoms with Gasteiger partial charge in [-0.15, -0.1) is 0 Å². The average Bonchev–Trinajstić information content (AvgIpc) is 2.84. The van der Waals surface area contributed by atoms with Crippen LogP contribution in [-0.2, 0) is 11.2 Å². The topological polar surface area (TPSA) is 58.1 Å². The summed E-state index contributed by atoms with van der Waals surface area (Å²) in [6.45, 7) is 3.73. The molecule has 1 saturated heterocycles. The fourth-order valence-corrected chi connectivity index (χ4v) is 4.92. The van der Waals surface area contributed by atoms with Crippen LogP contribution in [0.2, 0.25) is 0 Å². The summed E-state index contributed by atoms with van der Waals surface area (Å²) in [5, 5.41) is 4.14. The third-order valence-electron chi connectivity index (χ3n) is 5.87. The van der Waals surface area contributed by atoms with E-state index in [-0.39, 0.29) is 17.9 Å². The molecule has 1 amide bonds. The zero-order valence-corrected chi connectivity index (χ0v) is 19.3. The lowest BCUT2D eigenvalue weighted by molar-refractivity contribution is -0.126. The van der Waals surface area contributed by atoms with Crippen molar-refractivity contribution in [2.45, 2.75) is 48.6 Å². The summed E-state index contributed by atoms with van der Waals surface area (Å²) in [4.78, 5) is 25.4. The molecule has 166 valence electrons. The van der Waals surface area contributed by atoms with Crippen molar-refractivity contribution in [2.75, 3.05) is 18.0 Å². The minimum atomic E-state index is 0.0623. The second-order valence-electron chi connectivity index (χ2n) is 8.30. The summed E-state index contributed by atoms with van der Waals surface area (Å²) >= 11 is 1.63. The number of nitrogens with zero attached hydrogens (tertiary/aromatic N) is 3. The first kappa shape index (κ1) is 22.3. The Kier molecular flexibility index (Phi) is 7.77. The Hall–Kier alpha value is -2.86. The molecular weight excluding hydrogens is 416 g/mol. The standard InChI is InChI=1S/C26H30N4OS/c1-20(12-13-21-8-4-2-5-9-21)29-25(31)22-14-18-30(19-15-22)24-26(28-17-16-27-24)32-23-10-6-3-7-11-23/h2-11,16-17,20,22H,12-15,18-19H2,1H3,(H,29,31). The summed E-state index contributed by atoms with van der Waals surface area (Å²) in [6.07, 6.45) is 7.10. The summed E-state index contributed by atoms with van der Waals surface area (Å²) in [7, 11) is 0. The van der Waals surface area contributed by atoms with Crippen LogP contribution in [0.5, 0.6) is 0 Å². The van der Waals surface area contributed by atoms with Crippen LogP contribution in [-0.4, -0.2) is 35.0 Å². The Morgan fingerprint density at radius 2 is 1.69 bits per heavy atom. The zero-order valence-electron chi connectivity index (χ0n) is 18.5. The Bertz CT molecular complexity index is 991. The highest BCUT2D eigenvalue weighted by Gasteiger charge is 2.27. The zero-order chi connectivity index (χ0) is 22.2. The van der Waals surface area contributed by atoms with Crippen LogP contribution in [0, 0.1) is 5.92 Å². The molecule has 2 aromatic carbocycles. The molecule has 6 heteroatoms. The van der Waals surface area contributed by atoms with Gasteiger partial charge in [-0.05, 0) is 50.3 Å². The minimum Gasteiger partial charge on any atom is -0.354 e. The van der Waals surface area contributed by atoms with E-state index >= 15 is 0 Å². The van der Waals surface area contributed by atoms with Crippen molar-refractivity contribution in [3.05, 3.63) is 78.6 Å². The van der Waals surface area contributed by atoms with Crippen LogP contribution in [0.15, 0.2) is 83.0 Å². The first-order chi connectivity index (χ1) is 15.7. The van der Waals surface area contributed by atoms with Gasteiger partial charge in [0.25, 0.3) is 0 Å². The number of rotatable bonds is 8. The molecule has 0 aliphatic carbocycles. The molecule has 0 spiro atoms. The average molecular weight is 447 g/mol. The highest BCUT2D eigenvalue weighted by molar-refractivity contribution is 7.99. The number of aromatic nitrogens is 2. The fourth-order valence-electron chi connectivity index (χ4n) is 4.02. The molecule has 0 saturated carbocycles. The van der Waals surface area contributed by atoms with Crippen LogP contribution < -0.4 is 10.2 Å². The Labute approximate surface area is 194 Å². The van der Waals surface area contributed by atoms with Crippen molar-refractivity contribution in [1.29, 1.82) is 0 Å². The lowest BCUT2D eigenvalue weighted by Gasteiger charge is -2.33. The Balaban J connectivity index is 1.28. The number of hydrogen-bond donors (Lipinski definition) is 1. The number of nitrogens with one attached hydrogen (secondary N) is 1. The van der Waals surface area contributed by atoms with Gasteiger partial charge in [0.05, 0.1) is 0 Å². The maximum atomic E-state index is 12.8. The van der Waals surface area contributed by atoms with Crippen LogP contribution in [0.4, 0.5) is 5.82 Å². The molecule has 1 aliphatic heterocycles. The second-order valence-corrected chi connectivity index (χ2v) is 9.36. The molecule has 1 aromatic heterocycles. The maximum Gasteiger partial charge on any atom is 0.223 e. The third kappa shape index (κ3) is 6.10. The molecule has 32 heavy (non-hydrogen) atoms. The monoisotopic (exact) mass is 446 g/mol.